The highest BCUT2D eigenvalue weighted by Gasteiger charge is 2.09. The number of halogens is 3. The van der Waals surface area contributed by atoms with Crippen LogP contribution in [-0.4, -0.2) is 10.9 Å². The molecule has 6 heteroatoms. The summed E-state index contributed by atoms with van der Waals surface area (Å²) in [6.07, 6.45) is 0. The minimum Gasteiger partial charge on any atom is -0.322 e. The lowest BCUT2D eigenvalue weighted by atomic mass is 10.2. The number of rotatable bonds is 2. The molecule has 0 fully saturated rings. The zero-order valence-electron chi connectivity index (χ0n) is 9.88. The third-order valence-corrected chi connectivity index (χ3v) is 3.20. The highest BCUT2D eigenvalue weighted by Crippen LogP contribution is 2.20. The van der Waals surface area contributed by atoms with E-state index in [1.807, 2.05) is 0 Å². The van der Waals surface area contributed by atoms with E-state index in [1.165, 1.54) is 18.2 Å². The minimum absolute atomic E-state index is 0.243. The SMILES string of the molecule is Cc1cc(C(=O)Nc2ccc(Br)c(F)c2)cc(Cl)n1. The molecule has 1 amide bonds. The summed E-state index contributed by atoms with van der Waals surface area (Å²) in [5.41, 5.74) is 1.39. The third kappa shape index (κ3) is 3.52. The molecule has 1 N–H and O–H groups in total. The first-order valence-electron chi connectivity index (χ1n) is 5.36. The maximum absolute atomic E-state index is 13.3. The van der Waals surface area contributed by atoms with Crippen molar-refractivity contribution in [2.24, 2.45) is 0 Å². The number of pyridine rings is 1. The van der Waals surface area contributed by atoms with E-state index < -0.39 is 5.82 Å². The molecule has 0 aliphatic heterocycles. The molecule has 1 heterocycles. The largest absolute Gasteiger partial charge is 0.322 e. The lowest BCUT2D eigenvalue weighted by Crippen LogP contribution is -2.12. The molecule has 98 valence electrons. The number of aromatic nitrogens is 1. The monoisotopic (exact) mass is 342 g/mol. The summed E-state index contributed by atoms with van der Waals surface area (Å²) in [6.45, 7) is 1.74. The fourth-order valence-corrected chi connectivity index (χ4v) is 2.03. The third-order valence-electron chi connectivity index (χ3n) is 2.36. The van der Waals surface area contributed by atoms with Gasteiger partial charge in [0.1, 0.15) is 11.0 Å². The number of anilines is 1. The van der Waals surface area contributed by atoms with Gasteiger partial charge in [0.2, 0.25) is 0 Å². The van der Waals surface area contributed by atoms with Crippen molar-refractivity contribution in [3.05, 3.63) is 57.0 Å². The van der Waals surface area contributed by atoms with E-state index in [2.05, 4.69) is 26.2 Å². The summed E-state index contributed by atoms with van der Waals surface area (Å²) < 4.78 is 13.7. The number of nitrogens with zero attached hydrogens (tertiary/aromatic N) is 1. The fourth-order valence-electron chi connectivity index (χ4n) is 1.54. The molecule has 0 bridgehead atoms. The van der Waals surface area contributed by atoms with Gasteiger partial charge in [-0.1, -0.05) is 11.6 Å². The number of carbonyl (C=O) groups excluding carboxylic acids is 1. The molecule has 1 aromatic carbocycles. The van der Waals surface area contributed by atoms with Crippen LogP contribution in [-0.2, 0) is 0 Å². The van der Waals surface area contributed by atoms with Gasteiger partial charge in [0.25, 0.3) is 5.91 Å². The number of amides is 1. The van der Waals surface area contributed by atoms with Crippen LogP contribution in [0.3, 0.4) is 0 Å². The van der Waals surface area contributed by atoms with Crippen molar-refractivity contribution in [2.45, 2.75) is 6.92 Å². The summed E-state index contributed by atoms with van der Waals surface area (Å²) in [7, 11) is 0. The highest BCUT2D eigenvalue weighted by molar-refractivity contribution is 9.10. The van der Waals surface area contributed by atoms with Crippen molar-refractivity contribution < 1.29 is 9.18 Å². The Morgan fingerprint density at radius 1 is 1.37 bits per heavy atom. The molecule has 0 saturated carbocycles. The molecule has 0 spiro atoms. The average Bonchev–Trinajstić information content (AvgIpc) is 2.32. The second kappa shape index (κ2) is 5.67. The molecule has 0 aliphatic rings. The maximum atomic E-state index is 13.3. The number of nitrogens with one attached hydrogen (secondary N) is 1. The number of benzene rings is 1. The zero-order chi connectivity index (χ0) is 14.0. The van der Waals surface area contributed by atoms with Crippen LogP contribution < -0.4 is 5.32 Å². The molecule has 0 atom stereocenters. The molecule has 2 aromatic rings. The Balaban J connectivity index is 2.22. The topological polar surface area (TPSA) is 42.0 Å². The zero-order valence-corrected chi connectivity index (χ0v) is 12.2. The summed E-state index contributed by atoms with van der Waals surface area (Å²) in [4.78, 5) is 16.0. The number of aryl methyl sites for hydroxylation is 1. The Labute approximate surface area is 122 Å². The first-order valence-corrected chi connectivity index (χ1v) is 6.53. The Bertz CT molecular complexity index is 628. The minimum atomic E-state index is -0.443. The first-order chi connectivity index (χ1) is 8.95. The number of hydrogen-bond acceptors (Lipinski definition) is 2. The molecule has 0 saturated heterocycles. The van der Waals surface area contributed by atoms with Crippen LogP contribution in [0.1, 0.15) is 16.1 Å². The maximum Gasteiger partial charge on any atom is 0.255 e. The van der Waals surface area contributed by atoms with Crippen molar-refractivity contribution in [3.8, 4) is 0 Å². The van der Waals surface area contributed by atoms with Crippen LogP contribution in [0.2, 0.25) is 5.15 Å². The molecular formula is C13H9BrClFN2O. The van der Waals surface area contributed by atoms with Crippen molar-refractivity contribution in [1.82, 2.24) is 4.98 Å². The van der Waals surface area contributed by atoms with Crippen LogP contribution in [0.5, 0.6) is 0 Å². The van der Waals surface area contributed by atoms with Gasteiger partial charge in [0.05, 0.1) is 4.47 Å². The second-order valence-corrected chi connectivity index (χ2v) is 5.14. The van der Waals surface area contributed by atoms with E-state index in [-0.39, 0.29) is 11.1 Å². The Morgan fingerprint density at radius 3 is 2.74 bits per heavy atom. The van der Waals surface area contributed by atoms with E-state index in [0.717, 1.165) is 0 Å². The molecule has 0 aliphatic carbocycles. The highest BCUT2D eigenvalue weighted by atomic mass is 79.9. The first kappa shape index (κ1) is 14.0. The van der Waals surface area contributed by atoms with Gasteiger partial charge in [-0.3, -0.25) is 4.79 Å². The second-order valence-electron chi connectivity index (χ2n) is 3.90. The van der Waals surface area contributed by atoms with E-state index in [0.29, 0.717) is 21.4 Å². The van der Waals surface area contributed by atoms with Crippen LogP contribution >= 0.6 is 27.5 Å². The van der Waals surface area contributed by atoms with Crippen molar-refractivity contribution in [2.75, 3.05) is 5.32 Å². The molecule has 1 aromatic heterocycles. The molecule has 19 heavy (non-hydrogen) atoms. The van der Waals surface area contributed by atoms with E-state index in [1.54, 1.807) is 19.1 Å². The van der Waals surface area contributed by atoms with Crippen molar-refractivity contribution in [3.63, 3.8) is 0 Å². The van der Waals surface area contributed by atoms with E-state index in [9.17, 15) is 9.18 Å². The molecule has 3 nitrogen and oxygen atoms in total. The van der Waals surface area contributed by atoms with Gasteiger partial charge in [-0.25, -0.2) is 9.37 Å². The lowest BCUT2D eigenvalue weighted by Gasteiger charge is -2.07. The van der Waals surface area contributed by atoms with Gasteiger partial charge < -0.3 is 5.32 Å². The van der Waals surface area contributed by atoms with E-state index >= 15 is 0 Å². The quantitative estimate of drug-likeness (QED) is 0.831. The molecule has 0 unspecified atom stereocenters. The summed E-state index contributed by atoms with van der Waals surface area (Å²) in [5.74, 6) is -0.809. The van der Waals surface area contributed by atoms with Crippen molar-refractivity contribution in [1.29, 1.82) is 0 Å². The van der Waals surface area contributed by atoms with Gasteiger partial charge in [-0.05, 0) is 53.2 Å². The molecular weight excluding hydrogens is 335 g/mol. The Morgan fingerprint density at radius 2 is 2.11 bits per heavy atom. The van der Waals surface area contributed by atoms with Crippen molar-refractivity contribution >= 4 is 39.1 Å². The average molecular weight is 344 g/mol. The summed E-state index contributed by atoms with van der Waals surface area (Å²) >= 11 is 8.83. The Kier molecular flexibility index (Phi) is 4.17. The van der Waals surface area contributed by atoms with Gasteiger partial charge in [-0.2, -0.15) is 0 Å². The van der Waals surface area contributed by atoms with E-state index in [4.69, 9.17) is 11.6 Å². The standard InChI is InChI=1S/C13H9BrClFN2O/c1-7-4-8(5-12(15)17-7)13(19)18-9-2-3-10(14)11(16)6-9/h2-6H,1H3,(H,18,19). The van der Waals surface area contributed by atoms with Crippen LogP contribution in [0.4, 0.5) is 10.1 Å². The van der Waals surface area contributed by atoms with Crippen LogP contribution in [0, 0.1) is 12.7 Å². The van der Waals surface area contributed by atoms with Gasteiger partial charge in [0.15, 0.2) is 0 Å². The Hall–Kier alpha value is -1.46. The predicted molar refractivity (Wildman–Crippen MR) is 76.0 cm³/mol. The van der Waals surface area contributed by atoms with Gasteiger partial charge >= 0.3 is 0 Å². The number of hydrogen-bond donors (Lipinski definition) is 1. The number of carbonyl (C=O) groups is 1. The molecule has 0 radical (unpaired) electrons. The lowest BCUT2D eigenvalue weighted by molar-refractivity contribution is 0.102. The van der Waals surface area contributed by atoms with Crippen LogP contribution in [0.25, 0.3) is 0 Å². The summed E-state index contributed by atoms with van der Waals surface area (Å²) in [5, 5.41) is 2.84. The van der Waals surface area contributed by atoms with Gasteiger partial charge in [-0.15, -0.1) is 0 Å². The summed E-state index contributed by atoms with van der Waals surface area (Å²) in [6, 6.07) is 7.42. The van der Waals surface area contributed by atoms with Crippen LogP contribution in [0.15, 0.2) is 34.8 Å². The normalized spacial score (nSPS) is 10.3. The molecule has 2 rings (SSSR count). The van der Waals surface area contributed by atoms with Gasteiger partial charge in [0, 0.05) is 16.9 Å². The fraction of sp³-hybridized carbons (Fsp3) is 0.0769. The predicted octanol–water partition coefficient (Wildman–Crippen LogP) is 4.20. The smallest absolute Gasteiger partial charge is 0.255 e.